The zero-order chi connectivity index (χ0) is 13.5. The van der Waals surface area contributed by atoms with Crippen molar-refractivity contribution in [3.63, 3.8) is 0 Å². The third kappa shape index (κ3) is 4.39. The fourth-order valence-electron chi connectivity index (χ4n) is 2.77. The Labute approximate surface area is 117 Å². The summed E-state index contributed by atoms with van der Waals surface area (Å²) in [7, 11) is 0. The maximum atomic E-state index is 3.90. The lowest BCUT2D eigenvalue weighted by Crippen LogP contribution is -2.35. The molecular formula is C17H26N2. The molecule has 104 valence electrons. The van der Waals surface area contributed by atoms with Crippen LogP contribution in [0.4, 0.5) is 0 Å². The second-order valence-electron chi connectivity index (χ2n) is 5.49. The van der Waals surface area contributed by atoms with Crippen molar-refractivity contribution in [3.05, 3.63) is 49.2 Å². The predicted molar refractivity (Wildman–Crippen MR) is 83.0 cm³/mol. The molecule has 0 aromatic heterocycles. The van der Waals surface area contributed by atoms with E-state index in [1.165, 1.54) is 44.5 Å². The predicted octanol–water partition coefficient (Wildman–Crippen LogP) is 3.22. The van der Waals surface area contributed by atoms with Gasteiger partial charge in [0.25, 0.3) is 0 Å². The molecule has 0 N–H and O–H groups in total. The van der Waals surface area contributed by atoms with E-state index in [0.29, 0.717) is 0 Å². The molecule has 19 heavy (non-hydrogen) atoms. The smallest absolute Gasteiger partial charge is 0.0362 e. The van der Waals surface area contributed by atoms with Crippen molar-refractivity contribution in [2.45, 2.75) is 19.3 Å². The summed E-state index contributed by atoms with van der Waals surface area (Å²) in [4.78, 5) is 4.97. The molecule has 2 rings (SSSR count). The Bertz CT molecular complexity index is 359. The normalized spacial score (nSPS) is 21.3. The van der Waals surface area contributed by atoms with Gasteiger partial charge in [0.2, 0.25) is 0 Å². The number of nitrogens with zero attached hydrogens (tertiary/aromatic N) is 2. The summed E-state index contributed by atoms with van der Waals surface area (Å²) < 4.78 is 0. The summed E-state index contributed by atoms with van der Waals surface area (Å²) in [5.41, 5.74) is 1.24. The molecule has 0 unspecified atom stereocenters. The number of rotatable bonds is 6. The average Bonchev–Trinajstić information content (AvgIpc) is 2.49. The first-order valence-corrected chi connectivity index (χ1v) is 7.41. The van der Waals surface area contributed by atoms with Gasteiger partial charge in [-0.1, -0.05) is 24.8 Å². The highest BCUT2D eigenvalue weighted by atomic mass is 15.1. The highest BCUT2D eigenvalue weighted by Crippen LogP contribution is 2.17. The van der Waals surface area contributed by atoms with Crippen LogP contribution in [-0.2, 0) is 0 Å². The first kappa shape index (κ1) is 14.1. The van der Waals surface area contributed by atoms with E-state index in [1.807, 2.05) is 6.08 Å². The SMILES string of the molecule is C=CC1=CCN(CCCN2CCC(C=C)CC2)C=C1. The van der Waals surface area contributed by atoms with Crippen molar-refractivity contribution in [2.24, 2.45) is 5.92 Å². The molecule has 0 aromatic rings. The van der Waals surface area contributed by atoms with Crippen molar-refractivity contribution < 1.29 is 0 Å². The first-order valence-electron chi connectivity index (χ1n) is 7.41. The highest BCUT2D eigenvalue weighted by Gasteiger charge is 2.16. The molecule has 0 amide bonds. The molecule has 2 heteroatoms. The van der Waals surface area contributed by atoms with Gasteiger partial charge < -0.3 is 9.80 Å². The van der Waals surface area contributed by atoms with Crippen molar-refractivity contribution in [1.29, 1.82) is 0 Å². The molecule has 0 spiro atoms. The molecule has 0 aliphatic carbocycles. The standard InChI is InChI=1S/C17H26N2/c1-3-16-6-12-18(13-7-16)10-5-11-19-14-8-17(4-2)9-15-19/h3-4,6-7,12,17H,1-2,5,8-11,13-15H2. The van der Waals surface area contributed by atoms with Crippen LogP contribution in [0.25, 0.3) is 0 Å². The minimum absolute atomic E-state index is 0.753. The fourth-order valence-corrected chi connectivity index (χ4v) is 2.77. The summed E-state index contributed by atoms with van der Waals surface area (Å²) in [6.45, 7) is 13.6. The first-order chi connectivity index (χ1) is 9.31. The van der Waals surface area contributed by atoms with Crippen molar-refractivity contribution in [3.8, 4) is 0 Å². The lowest BCUT2D eigenvalue weighted by Gasteiger charge is -2.31. The molecule has 0 radical (unpaired) electrons. The van der Waals surface area contributed by atoms with Crippen LogP contribution < -0.4 is 0 Å². The molecule has 2 aliphatic rings. The highest BCUT2D eigenvalue weighted by molar-refractivity contribution is 5.31. The van der Waals surface area contributed by atoms with Gasteiger partial charge in [-0.3, -0.25) is 0 Å². The summed E-state index contributed by atoms with van der Waals surface area (Å²) in [6, 6.07) is 0. The average molecular weight is 258 g/mol. The lowest BCUT2D eigenvalue weighted by atomic mass is 9.97. The van der Waals surface area contributed by atoms with E-state index >= 15 is 0 Å². The maximum absolute atomic E-state index is 3.90. The lowest BCUT2D eigenvalue weighted by molar-refractivity contribution is 0.195. The molecule has 2 aliphatic heterocycles. The van der Waals surface area contributed by atoms with Gasteiger partial charge in [0, 0.05) is 13.1 Å². The van der Waals surface area contributed by atoms with Gasteiger partial charge in [0.1, 0.15) is 0 Å². The Hall–Kier alpha value is -1.28. The Morgan fingerprint density at radius 2 is 2.00 bits per heavy atom. The molecule has 0 aromatic carbocycles. The summed E-state index contributed by atoms with van der Waals surface area (Å²) in [5.74, 6) is 0.753. The largest absolute Gasteiger partial charge is 0.374 e. The third-order valence-corrected chi connectivity index (χ3v) is 4.16. The van der Waals surface area contributed by atoms with E-state index in [0.717, 1.165) is 19.0 Å². The van der Waals surface area contributed by atoms with E-state index in [2.05, 4.69) is 47.4 Å². The molecule has 0 atom stereocenters. The van der Waals surface area contributed by atoms with Crippen LogP contribution >= 0.6 is 0 Å². The van der Waals surface area contributed by atoms with Gasteiger partial charge in [-0.25, -0.2) is 0 Å². The minimum Gasteiger partial charge on any atom is -0.374 e. The van der Waals surface area contributed by atoms with Gasteiger partial charge >= 0.3 is 0 Å². The minimum atomic E-state index is 0.753. The van der Waals surface area contributed by atoms with Crippen molar-refractivity contribution in [2.75, 3.05) is 32.7 Å². The monoisotopic (exact) mass is 258 g/mol. The van der Waals surface area contributed by atoms with E-state index < -0.39 is 0 Å². The van der Waals surface area contributed by atoms with Crippen molar-refractivity contribution >= 4 is 0 Å². The number of likely N-dealkylation sites (tertiary alicyclic amines) is 1. The van der Waals surface area contributed by atoms with Crippen LogP contribution in [-0.4, -0.2) is 42.5 Å². The van der Waals surface area contributed by atoms with Gasteiger partial charge in [-0.05, 0) is 62.7 Å². The van der Waals surface area contributed by atoms with E-state index in [-0.39, 0.29) is 0 Å². The van der Waals surface area contributed by atoms with Crippen LogP contribution in [0, 0.1) is 5.92 Å². The quantitative estimate of drug-likeness (QED) is 0.675. The van der Waals surface area contributed by atoms with E-state index in [9.17, 15) is 0 Å². The maximum Gasteiger partial charge on any atom is 0.0362 e. The summed E-state index contributed by atoms with van der Waals surface area (Å²) in [6.07, 6.45) is 14.4. The van der Waals surface area contributed by atoms with Crippen molar-refractivity contribution in [1.82, 2.24) is 9.80 Å². The second kappa shape index (κ2) is 7.34. The Morgan fingerprint density at radius 1 is 1.21 bits per heavy atom. The Kier molecular flexibility index (Phi) is 5.46. The molecule has 1 saturated heterocycles. The Balaban J connectivity index is 1.60. The molecule has 0 saturated carbocycles. The van der Waals surface area contributed by atoms with Crippen LogP contribution in [0.1, 0.15) is 19.3 Å². The fraction of sp³-hybridized carbons (Fsp3) is 0.529. The van der Waals surface area contributed by atoms with Gasteiger partial charge in [-0.15, -0.1) is 6.58 Å². The molecule has 0 bridgehead atoms. The zero-order valence-corrected chi connectivity index (χ0v) is 11.9. The topological polar surface area (TPSA) is 6.48 Å². The molecular weight excluding hydrogens is 232 g/mol. The number of piperidine rings is 1. The number of hydrogen-bond donors (Lipinski definition) is 0. The van der Waals surface area contributed by atoms with Gasteiger partial charge in [0.05, 0.1) is 0 Å². The third-order valence-electron chi connectivity index (χ3n) is 4.16. The summed E-state index contributed by atoms with van der Waals surface area (Å²) >= 11 is 0. The summed E-state index contributed by atoms with van der Waals surface area (Å²) in [5, 5.41) is 0. The van der Waals surface area contributed by atoms with E-state index in [1.54, 1.807) is 0 Å². The van der Waals surface area contributed by atoms with Crippen LogP contribution in [0.2, 0.25) is 0 Å². The molecule has 2 nitrogen and oxygen atoms in total. The molecule has 1 fully saturated rings. The van der Waals surface area contributed by atoms with E-state index in [4.69, 9.17) is 0 Å². The number of hydrogen-bond acceptors (Lipinski definition) is 2. The Morgan fingerprint density at radius 3 is 2.58 bits per heavy atom. The van der Waals surface area contributed by atoms with Crippen LogP contribution in [0.15, 0.2) is 49.2 Å². The van der Waals surface area contributed by atoms with Crippen LogP contribution in [0.3, 0.4) is 0 Å². The van der Waals surface area contributed by atoms with Crippen LogP contribution in [0.5, 0.6) is 0 Å². The van der Waals surface area contributed by atoms with Gasteiger partial charge in [0.15, 0.2) is 0 Å². The van der Waals surface area contributed by atoms with Gasteiger partial charge in [-0.2, -0.15) is 0 Å². The number of allylic oxidation sites excluding steroid dienone is 4. The molecule has 2 heterocycles. The second-order valence-corrected chi connectivity index (χ2v) is 5.49. The zero-order valence-electron chi connectivity index (χ0n) is 11.9.